The van der Waals surface area contributed by atoms with Crippen LogP contribution < -0.4 is 16.4 Å². The predicted molar refractivity (Wildman–Crippen MR) is 170 cm³/mol. The van der Waals surface area contributed by atoms with Crippen molar-refractivity contribution in [2.24, 2.45) is 0 Å². The van der Waals surface area contributed by atoms with E-state index in [2.05, 4.69) is 47.3 Å². The molecule has 3 rings (SSSR count). The molecule has 41 heavy (non-hydrogen) atoms. The molecule has 0 bridgehead atoms. The summed E-state index contributed by atoms with van der Waals surface area (Å²) < 4.78 is 11.5. The maximum atomic E-state index is 12.6. The highest BCUT2D eigenvalue weighted by atomic mass is 79.9. The number of hydrogen-bond acceptors (Lipinski definition) is 7. The van der Waals surface area contributed by atoms with Gasteiger partial charge in [-0.1, -0.05) is 47.5 Å². The van der Waals surface area contributed by atoms with Crippen LogP contribution in [0.3, 0.4) is 0 Å². The van der Waals surface area contributed by atoms with Gasteiger partial charge >= 0.3 is 11.9 Å². The van der Waals surface area contributed by atoms with Crippen molar-refractivity contribution >= 4 is 68.1 Å². The van der Waals surface area contributed by atoms with E-state index in [0.29, 0.717) is 50.8 Å². The number of nitrogens with two attached hydrogens (primary N) is 1. The van der Waals surface area contributed by atoms with E-state index in [1.54, 1.807) is 30.3 Å². The summed E-state index contributed by atoms with van der Waals surface area (Å²) in [4.78, 5) is 25.1. The van der Waals surface area contributed by atoms with E-state index in [1.807, 2.05) is 24.3 Å². The van der Waals surface area contributed by atoms with E-state index < -0.39 is 5.97 Å². The summed E-state index contributed by atoms with van der Waals surface area (Å²) in [6.07, 6.45) is 2.17. The normalized spacial score (nSPS) is 11.3. The van der Waals surface area contributed by atoms with Crippen LogP contribution in [0.25, 0.3) is 0 Å². The molecule has 0 saturated carbocycles. The standard InChI is InChI=1S/C31H36BrCl2N3O4/c1-31(2,3)36-19-22-16-21(17-23(32)28(22)35)30(39)41-15-8-4-7-14-40-27(38)18-20-10-5-6-13-26(20)37-29-24(33)11-9-12-25(29)34/h5-6,9-13,16-17,36-37H,4,7-8,14-15,18-19,35H2,1-3H3. The van der Waals surface area contributed by atoms with Gasteiger partial charge in [0.05, 0.1) is 46.6 Å². The first-order valence-corrected chi connectivity index (χ1v) is 14.9. The number of benzene rings is 3. The molecule has 0 saturated heterocycles. The van der Waals surface area contributed by atoms with Crippen molar-refractivity contribution in [1.29, 1.82) is 0 Å². The predicted octanol–water partition coefficient (Wildman–Crippen LogP) is 8.08. The summed E-state index contributed by atoms with van der Waals surface area (Å²) >= 11 is 16.0. The van der Waals surface area contributed by atoms with Gasteiger partial charge < -0.3 is 25.8 Å². The summed E-state index contributed by atoms with van der Waals surface area (Å²) in [6.45, 7) is 7.28. The number of unbranched alkanes of at least 4 members (excludes halogenated alkanes) is 2. The molecule has 0 fully saturated rings. The second-order valence-corrected chi connectivity index (χ2v) is 12.3. The van der Waals surface area contributed by atoms with Crippen molar-refractivity contribution < 1.29 is 19.1 Å². The van der Waals surface area contributed by atoms with Crippen LogP contribution in [0.4, 0.5) is 17.1 Å². The van der Waals surface area contributed by atoms with Crippen LogP contribution in [-0.4, -0.2) is 30.7 Å². The minimum absolute atomic E-state index is 0.0859. The van der Waals surface area contributed by atoms with Crippen LogP contribution in [0, 0.1) is 0 Å². The number of esters is 2. The Morgan fingerprint density at radius 3 is 2.24 bits per heavy atom. The first kappa shape index (κ1) is 32.7. The Morgan fingerprint density at radius 2 is 1.56 bits per heavy atom. The average Bonchev–Trinajstić information content (AvgIpc) is 2.91. The van der Waals surface area contributed by atoms with Gasteiger partial charge in [-0.05, 0) is 97.4 Å². The Hall–Kier alpha value is -2.78. The van der Waals surface area contributed by atoms with E-state index in [1.165, 1.54) is 0 Å². The second-order valence-electron chi connectivity index (χ2n) is 10.6. The molecule has 10 heteroatoms. The summed E-state index contributed by atoms with van der Waals surface area (Å²) in [5, 5.41) is 7.57. The van der Waals surface area contributed by atoms with Gasteiger partial charge in [-0.15, -0.1) is 0 Å². The Morgan fingerprint density at radius 1 is 0.902 bits per heavy atom. The van der Waals surface area contributed by atoms with Gasteiger partial charge in [0.25, 0.3) is 0 Å². The number of anilines is 3. The molecule has 0 amide bonds. The molecule has 0 aliphatic carbocycles. The number of ether oxygens (including phenoxy) is 2. The molecule has 0 aromatic heterocycles. The number of carbonyl (C=O) groups excluding carboxylic acids is 2. The first-order chi connectivity index (χ1) is 19.4. The molecule has 0 heterocycles. The van der Waals surface area contributed by atoms with Crippen LogP contribution >= 0.6 is 39.1 Å². The molecule has 0 spiro atoms. The Labute approximate surface area is 260 Å². The minimum Gasteiger partial charge on any atom is -0.465 e. The van der Waals surface area contributed by atoms with Crippen molar-refractivity contribution in [3.8, 4) is 0 Å². The molecular formula is C31H36BrCl2N3O4. The fraction of sp³-hybridized carbons (Fsp3) is 0.355. The maximum Gasteiger partial charge on any atom is 0.338 e. The first-order valence-electron chi connectivity index (χ1n) is 13.4. The molecule has 4 N–H and O–H groups in total. The topological polar surface area (TPSA) is 103 Å². The van der Waals surface area contributed by atoms with Gasteiger partial charge in [0.1, 0.15) is 0 Å². The number of carbonyl (C=O) groups is 2. The molecule has 0 atom stereocenters. The number of hydrogen-bond donors (Lipinski definition) is 3. The van der Waals surface area contributed by atoms with Gasteiger partial charge in [-0.2, -0.15) is 0 Å². The average molecular weight is 665 g/mol. The van der Waals surface area contributed by atoms with Crippen LogP contribution in [0.2, 0.25) is 10.0 Å². The summed E-state index contributed by atoms with van der Waals surface area (Å²) in [5.74, 6) is -0.735. The Kier molecular flexibility index (Phi) is 12.3. The van der Waals surface area contributed by atoms with E-state index in [0.717, 1.165) is 23.2 Å². The highest BCUT2D eigenvalue weighted by Gasteiger charge is 2.16. The van der Waals surface area contributed by atoms with Gasteiger partial charge in [-0.25, -0.2) is 4.79 Å². The SMILES string of the molecule is CC(C)(C)NCc1cc(C(=O)OCCCCCOC(=O)Cc2ccccc2Nc2c(Cl)cccc2Cl)cc(Br)c1N. The van der Waals surface area contributed by atoms with E-state index in [-0.39, 0.29) is 31.1 Å². The molecule has 0 aliphatic rings. The van der Waals surface area contributed by atoms with E-state index >= 15 is 0 Å². The zero-order valence-corrected chi connectivity index (χ0v) is 26.6. The summed E-state index contributed by atoms with van der Waals surface area (Å²) in [5.41, 5.74) is 10.0. The van der Waals surface area contributed by atoms with Crippen LogP contribution in [0.5, 0.6) is 0 Å². The zero-order chi connectivity index (χ0) is 30.0. The fourth-order valence-corrected chi connectivity index (χ4v) is 4.86. The third-order valence-electron chi connectivity index (χ3n) is 6.12. The third-order valence-corrected chi connectivity index (χ3v) is 7.41. The molecule has 0 unspecified atom stereocenters. The summed E-state index contributed by atoms with van der Waals surface area (Å²) in [7, 11) is 0. The molecule has 0 radical (unpaired) electrons. The molecule has 3 aromatic carbocycles. The number of nitrogen functional groups attached to an aromatic ring is 1. The van der Waals surface area contributed by atoms with Crippen molar-refractivity contribution in [2.75, 3.05) is 24.3 Å². The number of rotatable bonds is 13. The van der Waals surface area contributed by atoms with Crippen molar-refractivity contribution in [3.63, 3.8) is 0 Å². The molecule has 220 valence electrons. The fourth-order valence-electron chi connectivity index (χ4n) is 3.87. The van der Waals surface area contributed by atoms with Crippen molar-refractivity contribution in [3.05, 3.63) is 85.8 Å². The monoisotopic (exact) mass is 663 g/mol. The van der Waals surface area contributed by atoms with E-state index in [9.17, 15) is 9.59 Å². The lowest BCUT2D eigenvalue weighted by Gasteiger charge is -2.21. The second kappa shape index (κ2) is 15.4. The number of halogens is 3. The van der Waals surface area contributed by atoms with Gasteiger partial charge in [0, 0.05) is 22.2 Å². The number of para-hydroxylation sites is 2. The van der Waals surface area contributed by atoms with Crippen LogP contribution in [-0.2, 0) is 27.2 Å². The summed E-state index contributed by atoms with van der Waals surface area (Å²) in [6, 6.07) is 16.1. The van der Waals surface area contributed by atoms with Gasteiger partial charge in [0.2, 0.25) is 0 Å². The van der Waals surface area contributed by atoms with Crippen LogP contribution in [0.1, 0.15) is 61.5 Å². The van der Waals surface area contributed by atoms with E-state index in [4.69, 9.17) is 38.4 Å². The minimum atomic E-state index is -0.403. The van der Waals surface area contributed by atoms with Gasteiger partial charge in [-0.3, -0.25) is 4.79 Å². The molecule has 3 aromatic rings. The highest BCUT2D eigenvalue weighted by molar-refractivity contribution is 9.10. The largest absolute Gasteiger partial charge is 0.465 e. The lowest BCUT2D eigenvalue weighted by Crippen LogP contribution is -2.35. The molecular weight excluding hydrogens is 629 g/mol. The lowest BCUT2D eigenvalue weighted by molar-refractivity contribution is -0.142. The highest BCUT2D eigenvalue weighted by Crippen LogP contribution is 2.33. The Bertz CT molecular complexity index is 1340. The zero-order valence-electron chi connectivity index (χ0n) is 23.5. The molecule has 7 nitrogen and oxygen atoms in total. The number of nitrogens with one attached hydrogen (secondary N) is 2. The maximum absolute atomic E-state index is 12.6. The van der Waals surface area contributed by atoms with Crippen molar-refractivity contribution in [1.82, 2.24) is 5.32 Å². The lowest BCUT2D eigenvalue weighted by atomic mass is 10.1. The molecule has 0 aliphatic heterocycles. The van der Waals surface area contributed by atoms with Crippen molar-refractivity contribution in [2.45, 2.75) is 58.5 Å². The quantitative estimate of drug-likeness (QED) is 0.0964. The van der Waals surface area contributed by atoms with Crippen LogP contribution in [0.15, 0.2) is 59.1 Å². The van der Waals surface area contributed by atoms with Gasteiger partial charge in [0.15, 0.2) is 0 Å². The Balaban J connectivity index is 1.39. The smallest absolute Gasteiger partial charge is 0.338 e. The third kappa shape index (κ3) is 10.5.